The number of rotatable bonds is 5. The van der Waals surface area contributed by atoms with E-state index in [0.29, 0.717) is 11.5 Å². The van der Waals surface area contributed by atoms with Gasteiger partial charge in [0.1, 0.15) is 23.2 Å². The lowest BCUT2D eigenvalue weighted by atomic mass is 9.77. The number of benzene rings is 2. The quantitative estimate of drug-likeness (QED) is 0.596. The Bertz CT molecular complexity index is 831. The molecule has 3 rings (SSSR count). The van der Waals surface area contributed by atoms with E-state index in [1.54, 1.807) is 6.07 Å². The van der Waals surface area contributed by atoms with Crippen molar-refractivity contribution >= 4 is 0 Å². The second-order valence-corrected chi connectivity index (χ2v) is 7.36. The summed E-state index contributed by atoms with van der Waals surface area (Å²) in [4.78, 5) is 0. The largest absolute Gasteiger partial charge is 0.496 e. The van der Waals surface area contributed by atoms with E-state index in [4.69, 9.17) is 10.00 Å². The Hall–Kier alpha value is -2.41. The Morgan fingerprint density at radius 3 is 2.33 bits per heavy atom. The predicted molar refractivity (Wildman–Crippen MR) is 103 cm³/mol. The van der Waals surface area contributed by atoms with Gasteiger partial charge < -0.3 is 4.74 Å². The molecular weight excluding hydrogens is 344 g/mol. The van der Waals surface area contributed by atoms with Gasteiger partial charge in [0, 0.05) is 6.07 Å². The van der Waals surface area contributed by atoms with Gasteiger partial charge in [-0.3, -0.25) is 0 Å². The molecule has 0 aliphatic heterocycles. The van der Waals surface area contributed by atoms with E-state index in [-0.39, 0.29) is 11.3 Å². The number of methoxy groups -OCH3 is 1. The first kappa shape index (κ1) is 19.4. The molecule has 0 atom stereocenters. The average molecular weight is 369 g/mol. The molecule has 0 spiro atoms. The van der Waals surface area contributed by atoms with Gasteiger partial charge in [-0.05, 0) is 48.6 Å². The highest BCUT2D eigenvalue weighted by Crippen LogP contribution is 2.40. The lowest BCUT2D eigenvalue weighted by Crippen LogP contribution is -2.13. The van der Waals surface area contributed by atoms with Crippen molar-refractivity contribution in [1.29, 1.82) is 5.26 Å². The first-order valence-corrected chi connectivity index (χ1v) is 9.65. The van der Waals surface area contributed by atoms with Gasteiger partial charge >= 0.3 is 0 Å². The highest BCUT2D eigenvalue weighted by Gasteiger charge is 2.23. The van der Waals surface area contributed by atoms with Crippen LogP contribution in [0, 0.1) is 28.9 Å². The molecule has 0 saturated heterocycles. The molecule has 0 amide bonds. The van der Waals surface area contributed by atoms with Crippen molar-refractivity contribution < 1.29 is 13.5 Å². The monoisotopic (exact) mass is 369 g/mol. The summed E-state index contributed by atoms with van der Waals surface area (Å²) in [5, 5.41) is 9.04. The van der Waals surface area contributed by atoms with Crippen molar-refractivity contribution in [2.75, 3.05) is 7.11 Å². The molecule has 27 heavy (non-hydrogen) atoms. The zero-order valence-electron chi connectivity index (χ0n) is 15.9. The van der Waals surface area contributed by atoms with E-state index in [1.165, 1.54) is 51.2 Å². The van der Waals surface area contributed by atoms with Crippen LogP contribution >= 0.6 is 0 Å². The molecule has 2 aromatic carbocycles. The van der Waals surface area contributed by atoms with Crippen LogP contribution in [0.25, 0.3) is 11.1 Å². The summed E-state index contributed by atoms with van der Waals surface area (Å²) in [5.41, 5.74) is 1.40. The van der Waals surface area contributed by atoms with Crippen LogP contribution in [0.2, 0.25) is 0 Å². The smallest absolute Gasteiger partial charge is 0.155 e. The zero-order chi connectivity index (χ0) is 19.4. The van der Waals surface area contributed by atoms with Gasteiger partial charge in [0.25, 0.3) is 0 Å². The Balaban J connectivity index is 1.86. The van der Waals surface area contributed by atoms with E-state index < -0.39 is 17.2 Å². The van der Waals surface area contributed by atoms with E-state index in [0.717, 1.165) is 12.0 Å². The van der Waals surface area contributed by atoms with Gasteiger partial charge in [-0.2, -0.15) is 5.26 Å². The highest BCUT2D eigenvalue weighted by atomic mass is 19.1. The molecule has 2 aromatic rings. The first-order valence-electron chi connectivity index (χ1n) is 9.65. The topological polar surface area (TPSA) is 33.0 Å². The van der Waals surface area contributed by atoms with Gasteiger partial charge in [0.2, 0.25) is 0 Å². The van der Waals surface area contributed by atoms with Gasteiger partial charge in [-0.25, -0.2) is 8.78 Å². The molecule has 0 N–H and O–H groups in total. The molecule has 1 fully saturated rings. The van der Waals surface area contributed by atoms with Gasteiger partial charge in [-0.1, -0.05) is 44.0 Å². The summed E-state index contributed by atoms with van der Waals surface area (Å²) in [6, 6.07) is 10.4. The summed E-state index contributed by atoms with van der Waals surface area (Å²) < 4.78 is 33.7. The Labute approximate surface area is 159 Å². The van der Waals surface area contributed by atoms with Crippen LogP contribution in [0.3, 0.4) is 0 Å². The molecule has 2 nitrogen and oxygen atoms in total. The van der Waals surface area contributed by atoms with Gasteiger partial charge in [0.05, 0.1) is 12.7 Å². The summed E-state index contributed by atoms with van der Waals surface area (Å²) in [7, 11) is 1.37. The maximum absolute atomic E-state index is 14.7. The number of halogens is 2. The van der Waals surface area contributed by atoms with Crippen LogP contribution in [-0.4, -0.2) is 7.11 Å². The third-order valence-corrected chi connectivity index (χ3v) is 5.73. The molecule has 142 valence electrons. The van der Waals surface area contributed by atoms with Crippen molar-refractivity contribution in [1.82, 2.24) is 0 Å². The van der Waals surface area contributed by atoms with Gasteiger partial charge in [-0.15, -0.1) is 0 Å². The van der Waals surface area contributed by atoms with Crippen LogP contribution in [-0.2, 0) is 0 Å². The van der Waals surface area contributed by atoms with Gasteiger partial charge in [0.15, 0.2) is 5.82 Å². The van der Waals surface area contributed by atoms with Crippen molar-refractivity contribution in [3.63, 3.8) is 0 Å². The molecule has 0 radical (unpaired) electrons. The Morgan fingerprint density at radius 1 is 1.11 bits per heavy atom. The van der Waals surface area contributed by atoms with Crippen LogP contribution in [0.4, 0.5) is 8.78 Å². The minimum atomic E-state index is -0.906. The van der Waals surface area contributed by atoms with Crippen molar-refractivity contribution in [3.05, 3.63) is 53.1 Å². The van der Waals surface area contributed by atoms with E-state index in [9.17, 15) is 8.78 Å². The van der Waals surface area contributed by atoms with Crippen LogP contribution in [0.1, 0.15) is 62.5 Å². The second kappa shape index (κ2) is 8.52. The highest BCUT2D eigenvalue weighted by molar-refractivity contribution is 5.73. The summed E-state index contributed by atoms with van der Waals surface area (Å²) in [6.45, 7) is 2.24. The standard InChI is InChI=1S/C23H25F2NO/c1-3-4-15-5-7-16(8-6-15)17-9-11-18(12-10-17)22-21(27-2)13-20(24)19(14-26)23(22)25/h9-13,15-16H,3-8H2,1-2H3. The van der Waals surface area contributed by atoms with Crippen molar-refractivity contribution in [2.45, 2.75) is 51.4 Å². The number of nitrogens with zero attached hydrogens (tertiary/aromatic N) is 1. The molecule has 1 aliphatic carbocycles. The molecule has 0 heterocycles. The predicted octanol–water partition coefficient (Wildman–Crippen LogP) is 6.59. The summed E-state index contributed by atoms with van der Waals surface area (Å²) in [6.07, 6.45) is 7.49. The molecule has 0 aromatic heterocycles. The molecule has 1 saturated carbocycles. The second-order valence-electron chi connectivity index (χ2n) is 7.36. The maximum atomic E-state index is 14.7. The van der Waals surface area contributed by atoms with Crippen molar-refractivity contribution in [2.24, 2.45) is 5.92 Å². The fraction of sp³-hybridized carbons (Fsp3) is 0.435. The fourth-order valence-corrected chi connectivity index (χ4v) is 4.24. The molecule has 0 bridgehead atoms. The van der Waals surface area contributed by atoms with E-state index in [1.807, 2.05) is 24.3 Å². The zero-order valence-corrected chi connectivity index (χ0v) is 15.9. The lowest BCUT2D eigenvalue weighted by Gasteiger charge is -2.28. The lowest BCUT2D eigenvalue weighted by molar-refractivity contribution is 0.308. The summed E-state index contributed by atoms with van der Waals surface area (Å²) >= 11 is 0. The van der Waals surface area contributed by atoms with E-state index in [2.05, 4.69) is 6.92 Å². The minimum absolute atomic E-state index is 0.0943. The Kier molecular flexibility index (Phi) is 6.11. The molecule has 1 aliphatic rings. The minimum Gasteiger partial charge on any atom is -0.496 e. The Morgan fingerprint density at radius 2 is 1.78 bits per heavy atom. The van der Waals surface area contributed by atoms with Crippen LogP contribution < -0.4 is 4.74 Å². The number of hydrogen-bond acceptors (Lipinski definition) is 2. The van der Waals surface area contributed by atoms with Crippen LogP contribution in [0.5, 0.6) is 5.75 Å². The number of ether oxygens (including phenoxy) is 1. The maximum Gasteiger partial charge on any atom is 0.155 e. The first-order chi connectivity index (χ1) is 13.1. The van der Waals surface area contributed by atoms with Crippen molar-refractivity contribution in [3.8, 4) is 22.9 Å². The van der Waals surface area contributed by atoms with E-state index >= 15 is 0 Å². The molecule has 0 unspecified atom stereocenters. The van der Waals surface area contributed by atoms with Crippen LogP contribution in [0.15, 0.2) is 30.3 Å². The number of nitriles is 1. The average Bonchev–Trinajstić information content (AvgIpc) is 2.69. The molecule has 4 heteroatoms. The summed E-state index contributed by atoms with van der Waals surface area (Å²) in [5.74, 6) is -0.288. The fourth-order valence-electron chi connectivity index (χ4n) is 4.24. The molecular formula is C23H25F2NO. The third-order valence-electron chi connectivity index (χ3n) is 5.73. The SMILES string of the molecule is CCCC1CCC(c2ccc(-c3c(OC)cc(F)c(C#N)c3F)cc2)CC1. The third kappa shape index (κ3) is 3.98. The number of hydrogen-bond donors (Lipinski definition) is 0. The normalized spacial score (nSPS) is 19.5.